The maximum atomic E-state index is 11.0. The van der Waals surface area contributed by atoms with Crippen LogP contribution in [-0.2, 0) is 14.4 Å². The van der Waals surface area contributed by atoms with E-state index in [9.17, 15) is 14.4 Å². The summed E-state index contributed by atoms with van der Waals surface area (Å²) < 4.78 is 35.2. The average molecular weight is 202 g/mol. The maximum Gasteiger partial charge on any atom is 0.222 e. The minimum Gasteiger partial charge on any atom is -0.346 e. The lowest BCUT2D eigenvalue weighted by Crippen LogP contribution is -2.17. The number of nitrogens with zero attached hydrogens (tertiary/aromatic N) is 1. The summed E-state index contributed by atoms with van der Waals surface area (Å²) in [4.78, 5) is 31.8. The van der Waals surface area contributed by atoms with Gasteiger partial charge >= 0.3 is 0 Å². The van der Waals surface area contributed by atoms with Crippen molar-refractivity contribution in [1.82, 2.24) is 4.90 Å². The van der Waals surface area contributed by atoms with E-state index in [-0.39, 0.29) is 30.8 Å². The Hall–Kier alpha value is -1.19. The Bertz CT molecular complexity index is 390. The monoisotopic (exact) mass is 202 g/mol. The summed E-state index contributed by atoms with van der Waals surface area (Å²) in [5, 5.41) is 0. The first kappa shape index (κ1) is 5.63. The van der Waals surface area contributed by atoms with Crippen molar-refractivity contribution in [3.05, 3.63) is 0 Å². The third kappa shape index (κ3) is 3.28. The molecular weight excluding hydrogens is 182 g/mol. The molecule has 4 nitrogen and oxygen atoms in total. The number of likely N-dealkylation sites (tertiary alicyclic amines) is 1. The van der Waals surface area contributed by atoms with E-state index >= 15 is 0 Å². The highest BCUT2D eigenvalue weighted by molar-refractivity contribution is 6.05. The molecule has 78 valence electrons. The molecule has 1 saturated carbocycles. The standard InChI is InChI=1S/C5H9NO.C5H6O2/c1-6-4-2-3-5(6)7;6-4-1-2-5(7)3-4/h2-4H2,1H3;1-3H2/i1D3,4D2;. The number of carbonyl (C=O) groups excluding carboxylic acids is 3. The van der Waals surface area contributed by atoms with Crippen LogP contribution in [0.15, 0.2) is 0 Å². The minimum atomic E-state index is -2.66. The molecule has 0 bridgehead atoms. The van der Waals surface area contributed by atoms with Crippen molar-refractivity contribution in [2.75, 3.05) is 13.5 Å². The van der Waals surface area contributed by atoms with E-state index in [1.807, 2.05) is 0 Å². The highest BCUT2D eigenvalue weighted by Gasteiger charge is 2.17. The molecule has 0 radical (unpaired) electrons. The van der Waals surface area contributed by atoms with Gasteiger partial charge in [-0.1, -0.05) is 0 Å². The third-order valence-corrected chi connectivity index (χ3v) is 1.94. The van der Waals surface area contributed by atoms with Crippen LogP contribution < -0.4 is 0 Å². The summed E-state index contributed by atoms with van der Waals surface area (Å²) in [6, 6.07) is 0. The van der Waals surface area contributed by atoms with Crippen LogP contribution in [-0.4, -0.2) is 35.8 Å². The van der Waals surface area contributed by atoms with E-state index in [1.165, 1.54) is 0 Å². The summed E-state index contributed by atoms with van der Waals surface area (Å²) in [5.41, 5.74) is 0. The van der Waals surface area contributed by atoms with Crippen LogP contribution in [0.1, 0.15) is 39.0 Å². The van der Waals surface area contributed by atoms with Gasteiger partial charge in [-0.25, -0.2) is 0 Å². The van der Waals surface area contributed by atoms with Crippen LogP contribution in [0.4, 0.5) is 0 Å². The second kappa shape index (κ2) is 4.88. The summed E-state index contributed by atoms with van der Waals surface area (Å²) >= 11 is 0. The van der Waals surface area contributed by atoms with Crippen molar-refractivity contribution in [2.24, 2.45) is 0 Å². The second-order valence-corrected chi connectivity index (χ2v) is 3.14. The van der Waals surface area contributed by atoms with Crippen LogP contribution in [0.2, 0.25) is 0 Å². The zero-order valence-corrected chi connectivity index (χ0v) is 7.71. The quantitative estimate of drug-likeness (QED) is 0.539. The number of rotatable bonds is 0. The smallest absolute Gasteiger partial charge is 0.222 e. The molecule has 2 fully saturated rings. The van der Waals surface area contributed by atoms with Crippen LogP contribution in [0.5, 0.6) is 0 Å². The third-order valence-electron chi connectivity index (χ3n) is 1.94. The van der Waals surface area contributed by atoms with Crippen molar-refractivity contribution in [3.8, 4) is 0 Å². The largest absolute Gasteiger partial charge is 0.346 e. The van der Waals surface area contributed by atoms with E-state index in [0.29, 0.717) is 17.7 Å². The Kier molecular flexibility index (Phi) is 1.96. The molecule has 0 unspecified atom stereocenters. The highest BCUT2D eigenvalue weighted by Crippen LogP contribution is 2.07. The van der Waals surface area contributed by atoms with Crippen molar-refractivity contribution in [2.45, 2.75) is 32.1 Å². The summed E-state index contributed by atoms with van der Waals surface area (Å²) in [6.45, 7) is -4.67. The van der Waals surface area contributed by atoms with Crippen LogP contribution in [0.25, 0.3) is 0 Å². The Morgan fingerprint density at radius 1 is 1.21 bits per heavy atom. The SMILES string of the molecule is O=C1CCC(=O)C1.[2H]C([2H])([2H])N1C(=O)CCC1([2H])[2H]. The first-order valence-corrected chi connectivity index (χ1v) is 4.40. The maximum absolute atomic E-state index is 11.0. The first-order valence-electron chi connectivity index (χ1n) is 6.90. The van der Waals surface area contributed by atoms with Gasteiger partial charge in [0.1, 0.15) is 11.6 Å². The topological polar surface area (TPSA) is 54.5 Å². The van der Waals surface area contributed by atoms with Gasteiger partial charge in [0.25, 0.3) is 0 Å². The van der Waals surface area contributed by atoms with Gasteiger partial charge in [0.2, 0.25) is 5.91 Å². The van der Waals surface area contributed by atoms with E-state index in [2.05, 4.69) is 0 Å². The lowest BCUT2D eigenvalue weighted by molar-refractivity contribution is -0.126. The van der Waals surface area contributed by atoms with E-state index in [0.717, 1.165) is 0 Å². The molecule has 1 saturated heterocycles. The molecule has 0 spiro atoms. The molecular formula is C10H15NO3. The molecule has 2 aliphatic rings. The van der Waals surface area contributed by atoms with Gasteiger partial charge in [-0.05, 0) is 6.42 Å². The first-order chi connectivity index (χ1) is 8.54. The number of carbonyl (C=O) groups is 3. The number of hydrogen-bond donors (Lipinski definition) is 0. The molecule has 0 N–H and O–H groups in total. The Balaban J connectivity index is 0.000000218. The van der Waals surface area contributed by atoms with Crippen LogP contribution in [0, 0.1) is 0 Å². The van der Waals surface area contributed by atoms with Crippen molar-refractivity contribution in [1.29, 1.82) is 0 Å². The number of ketones is 2. The highest BCUT2D eigenvalue weighted by atomic mass is 16.2. The molecule has 0 aromatic rings. The zero-order chi connectivity index (χ0) is 14.8. The van der Waals surface area contributed by atoms with Gasteiger partial charge in [-0.2, -0.15) is 0 Å². The van der Waals surface area contributed by atoms with Gasteiger partial charge in [-0.3, -0.25) is 14.4 Å². The van der Waals surface area contributed by atoms with E-state index in [1.54, 1.807) is 0 Å². The second-order valence-electron chi connectivity index (χ2n) is 3.14. The Morgan fingerprint density at radius 3 is 2.07 bits per heavy atom. The molecule has 1 amide bonds. The van der Waals surface area contributed by atoms with E-state index < -0.39 is 19.4 Å². The average Bonchev–Trinajstić information content (AvgIpc) is 2.70. The normalized spacial score (nSPS) is 31.0. The number of hydrogen-bond acceptors (Lipinski definition) is 3. The fourth-order valence-electron chi connectivity index (χ4n) is 1.15. The minimum absolute atomic E-state index is 0.0224. The molecule has 1 heterocycles. The lowest BCUT2D eigenvalue weighted by Gasteiger charge is -2.03. The molecule has 0 aromatic heterocycles. The fourth-order valence-corrected chi connectivity index (χ4v) is 1.15. The summed E-state index contributed by atoms with van der Waals surface area (Å²) in [5.74, 6) is -0.435. The summed E-state index contributed by atoms with van der Waals surface area (Å²) in [6.07, 6.45) is 1.10. The van der Waals surface area contributed by atoms with Gasteiger partial charge in [0, 0.05) is 39.6 Å². The molecule has 4 heteroatoms. The molecule has 0 aromatic carbocycles. The van der Waals surface area contributed by atoms with Crippen LogP contribution >= 0.6 is 0 Å². The fraction of sp³-hybridized carbons (Fsp3) is 0.700. The lowest BCUT2D eigenvalue weighted by atomic mass is 10.3. The van der Waals surface area contributed by atoms with Crippen LogP contribution in [0.3, 0.4) is 0 Å². The van der Waals surface area contributed by atoms with Crippen molar-refractivity contribution < 1.29 is 21.2 Å². The molecule has 2 rings (SSSR count). The Morgan fingerprint density at radius 2 is 1.86 bits per heavy atom. The van der Waals surface area contributed by atoms with E-state index in [4.69, 9.17) is 6.85 Å². The zero-order valence-electron chi connectivity index (χ0n) is 12.7. The molecule has 14 heavy (non-hydrogen) atoms. The van der Waals surface area contributed by atoms with Crippen molar-refractivity contribution >= 4 is 17.5 Å². The molecule has 1 aliphatic heterocycles. The predicted octanol–water partition coefficient (Wildman–Crippen LogP) is 0.547. The van der Waals surface area contributed by atoms with Gasteiger partial charge in [-0.15, -0.1) is 0 Å². The van der Waals surface area contributed by atoms with Gasteiger partial charge in [0.05, 0.1) is 6.42 Å². The van der Waals surface area contributed by atoms with Gasteiger partial charge in [0.15, 0.2) is 0 Å². The Labute approximate surface area is 90.3 Å². The predicted molar refractivity (Wildman–Crippen MR) is 50.7 cm³/mol. The molecule has 0 atom stereocenters. The molecule has 1 aliphatic carbocycles. The van der Waals surface area contributed by atoms with Gasteiger partial charge < -0.3 is 4.90 Å². The van der Waals surface area contributed by atoms with Crippen molar-refractivity contribution in [3.63, 3.8) is 0 Å². The number of Topliss-reactive ketones (excluding diaryl/α,β-unsaturated/α-hetero) is 2. The number of amides is 1. The summed E-state index contributed by atoms with van der Waals surface area (Å²) in [7, 11) is 0.